The molecule has 0 unspecified atom stereocenters. The third kappa shape index (κ3) is 3.68. The first-order chi connectivity index (χ1) is 8.47. The number of nitrogens with zero attached hydrogens (tertiary/aromatic N) is 4. The Labute approximate surface area is 109 Å². The maximum absolute atomic E-state index is 11.1. The van der Waals surface area contributed by atoms with Crippen LogP contribution >= 0.6 is 0 Å². The summed E-state index contributed by atoms with van der Waals surface area (Å²) in [5.41, 5.74) is 0. The number of likely N-dealkylation sites (N-methyl/N-ethyl adjacent to an activating group) is 1. The minimum absolute atomic E-state index is 0.123. The van der Waals surface area contributed by atoms with E-state index >= 15 is 0 Å². The van der Waals surface area contributed by atoms with Crippen LogP contribution in [0.5, 0.6) is 0 Å². The molecule has 18 heavy (non-hydrogen) atoms. The molecule has 5 heteroatoms. The highest BCUT2D eigenvalue weighted by Crippen LogP contribution is 2.18. The normalized spacial score (nSPS) is 10.3. The van der Waals surface area contributed by atoms with Gasteiger partial charge in [0.25, 0.3) is 0 Å². The lowest BCUT2D eigenvalue weighted by Gasteiger charge is -2.23. The molecule has 1 aromatic rings. The van der Waals surface area contributed by atoms with E-state index in [1.807, 2.05) is 24.9 Å². The predicted octanol–water partition coefficient (Wildman–Crippen LogP) is 1.66. The molecule has 1 rings (SSSR count). The highest BCUT2D eigenvalue weighted by molar-refractivity contribution is 5.80. The van der Waals surface area contributed by atoms with Crippen LogP contribution in [0, 0.1) is 6.92 Å². The molecule has 0 bridgehead atoms. The summed E-state index contributed by atoms with van der Waals surface area (Å²) in [5.74, 6) is 2.56. The van der Waals surface area contributed by atoms with Crippen LogP contribution in [-0.2, 0) is 4.79 Å². The Morgan fingerprint density at radius 3 is 2.28 bits per heavy atom. The first kappa shape index (κ1) is 14.4. The highest BCUT2D eigenvalue weighted by Gasteiger charge is 2.11. The number of ketones is 1. The van der Waals surface area contributed by atoms with Crippen molar-refractivity contribution in [1.82, 2.24) is 9.97 Å². The highest BCUT2D eigenvalue weighted by atomic mass is 16.1. The van der Waals surface area contributed by atoms with Gasteiger partial charge < -0.3 is 9.80 Å². The average molecular weight is 250 g/mol. The molecule has 0 spiro atoms. The third-order valence-electron chi connectivity index (χ3n) is 2.75. The summed E-state index contributed by atoms with van der Waals surface area (Å²) in [6.07, 6.45) is 0. The lowest BCUT2D eigenvalue weighted by molar-refractivity contribution is -0.115. The van der Waals surface area contributed by atoms with Crippen molar-refractivity contribution in [2.24, 2.45) is 0 Å². The van der Waals surface area contributed by atoms with Crippen LogP contribution in [-0.4, -0.2) is 42.4 Å². The van der Waals surface area contributed by atoms with Crippen LogP contribution < -0.4 is 9.80 Å². The first-order valence-electron chi connectivity index (χ1n) is 6.29. The van der Waals surface area contributed by atoms with Crippen LogP contribution in [0.3, 0.4) is 0 Å². The zero-order valence-corrected chi connectivity index (χ0v) is 11.9. The molecular formula is C13H22N4O. The van der Waals surface area contributed by atoms with E-state index < -0.39 is 0 Å². The van der Waals surface area contributed by atoms with Gasteiger partial charge in [0.15, 0.2) is 0 Å². The number of Topliss-reactive ketones (excluding diaryl/α,β-unsaturated/α-hetero) is 1. The van der Waals surface area contributed by atoms with Gasteiger partial charge in [-0.15, -0.1) is 0 Å². The number of anilines is 2. The van der Waals surface area contributed by atoms with E-state index in [4.69, 9.17) is 0 Å². The first-order valence-corrected chi connectivity index (χ1v) is 6.29. The van der Waals surface area contributed by atoms with Crippen molar-refractivity contribution in [3.8, 4) is 0 Å². The van der Waals surface area contributed by atoms with E-state index in [2.05, 4.69) is 28.7 Å². The zero-order chi connectivity index (χ0) is 13.7. The van der Waals surface area contributed by atoms with E-state index in [0.29, 0.717) is 6.54 Å². The summed E-state index contributed by atoms with van der Waals surface area (Å²) in [7, 11) is 1.87. The summed E-state index contributed by atoms with van der Waals surface area (Å²) < 4.78 is 0. The summed E-state index contributed by atoms with van der Waals surface area (Å²) in [5, 5.41) is 0. The number of aryl methyl sites for hydroxylation is 1. The second-order valence-electron chi connectivity index (χ2n) is 4.36. The second kappa shape index (κ2) is 6.33. The Balaban J connectivity index is 3.03. The SMILES string of the molecule is CCN(CC)c1cc(N(C)CC(C)=O)nc(C)n1. The number of hydrogen-bond acceptors (Lipinski definition) is 5. The smallest absolute Gasteiger partial charge is 0.149 e. The van der Waals surface area contributed by atoms with Crippen molar-refractivity contribution in [2.45, 2.75) is 27.7 Å². The van der Waals surface area contributed by atoms with Gasteiger partial charge in [0, 0.05) is 26.2 Å². The van der Waals surface area contributed by atoms with E-state index in [-0.39, 0.29) is 5.78 Å². The van der Waals surface area contributed by atoms with E-state index in [9.17, 15) is 4.79 Å². The molecule has 0 saturated carbocycles. The molecule has 5 nitrogen and oxygen atoms in total. The molecule has 0 aliphatic carbocycles. The van der Waals surface area contributed by atoms with Gasteiger partial charge in [-0.3, -0.25) is 4.79 Å². The van der Waals surface area contributed by atoms with Crippen molar-refractivity contribution in [1.29, 1.82) is 0 Å². The van der Waals surface area contributed by atoms with Gasteiger partial charge >= 0.3 is 0 Å². The van der Waals surface area contributed by atoms with Gasteiger partial charge in [-0.2, -0.15) is 0 Å². The molecule has 0 aliphatic rings. The van der Waals surface area contributed by atoms with Crippen molar-refractivity contribution < 1.29 is 4.79 Å². The third-order valence-corrected chi connectivity index (χ3v) is 2.75. The number of hydrogen-bond donors (Lipinski definition) is 0. The number of aromatic nitrogens is 2. The van der Waals surface area contributed by atoms with Gasteiger partial charge in [0.2, 0.25) is 0 Å². The second-order valence-corrected chi connectivity index (χ2v) is 4.36. The fourth-order valence-corrected chi connectivity index (χ4v) is 1.86. The molecule has 0 aliphatic heterocycles. The Kier molecular flexibility index (Phi) is 5.07. The van der Waals surface area contributed by atoms with Crippen molar-refractivity contribution >= 4 is 17.4 Å². The van der Waals surface area contributed by atoms with E-state index in [1.54, 1.807) is 6.92 Å². The van der Waals surface area contributed by atoms with E-state index in [0.717, 1.165) is 30.5 Å². The van der Waals surface area contributed by atoms with Crippen molar-refractivity contribution in [3.63, 3.8) is 0 Å². The predicted molar refractivity (Wildman–Crippen MR) is 74.3 cm³/mol. The van der Waals surface area contributed by atoms with Crippen LogP contribution in [0.2, 0.25) is 0 Å². The number of carbonyl (C=O) groups excluding carboxylic acids is 1. The van der Waals surface area contributed by atoms with Crippen molar-refractivity contribution in [3.05, 3.63) is 11.9 Å². The number of rotatable bonds is 6. The lowest BCUT2D eigenvalue weighted by atomic mass is 10.3. The standard InChI is InChI=1S/C13H22N4O/c1-6-17(7-2)13-8-12(14-11(4)15-13)16(5)9-10(3)18/h8H,6-7,9H2,1-5H3. The molecule has 0 amide bonds. The quantitative estimate of drug-likeness (QED) is 0.768. The Bertz CT molecular complexity index is 415. The minimum atomic E-state index is 0.123. The van der Waals surface area contributed by atoms with Crippen LogP contribution in [0.1, 0.15) is 26.6 Å². The monoisotopic (exact) mass is 250 g/mol. The Morgan fingerprint density at radius 1 is 1.22 bits per heavy atom. The van der Waals surface area contributed by atoms with Gasteiger partial charge in [0.1, 0.15) is 23.2 Å². The van der Waals surface area contributed by atoms with Crippen LogP contribution in [0.15, 0.2) is 6.07 Å². The maximum Gasteiger partial charge on any atom is 0.149 e. The summed E-state index contributed by atoms with van der Waals surface area (Å²) >= 11 is 0. The van der Waals surface area contributed by atoms with Crippen molar-refractivity contribution in [2.75, 3.05) is 36.5 Å². The average Bonchev–Trinajstić information content (AvgIpc) is 2.29. The molecule has 100 valence electrons. The molecule has 0 saturated heterocycles. The minimum Gasteiger partial charge on any atom is -0.357 e. The molecule has 0 radical (unpaired) electrons. The Hall–Kier alpha value is -1.65. The van der Waals surface area contributed by atoms with Crippen LogP contribution in [0.25, 0.3) is 0 Å². The molecule has 1 heterocycles. The fourth-order valence-electron chi connectivity index (χ4n) is 1.86. The van der Waals surface area contributed by atoms with Gasteiger partial charge in [-0.25, -0.2) is 9.97 Å². The molecule has 0 N–H and O–H groups in total. The number of carbonyl (C=O) groups is 1. The largest absolute Gasteiger partial charge is 0.357 e. The summed E-state index contributed by atoms with van der Waals surface area (Å²) in [6, 6.07) is 1.93. The topological polar surface area (TPSA) is 49.3 Å². The van der Waals surface area contributed by atoms with Gasteiger partial charge in [-0.05, 0) is 27.7 Å². The summed E-state index contributed by atoms with van der Waals surface area (Å²) in [6.45, 7) is 9.83. The molecule has 1 aromatic heterocycles. The van der Waals surface area contributed by atoms with Gasteiger partial charge in [-0.1, -0.05) is 0 Å². The molecule has 0 atom stereocenters. The van der Waals surface area contributed by atoms with Gasteiger partial charge in [0.05, 0.1) is 6.54 Å². The van der Waals surface area contributed by atoms with E-state index in [1.165, 1.54) is 0 Å². The molecular weight excluding hydrogens is 228 g/mol. The zero-order valence-electron chi connectivity index (χ0n) is 11.9. The summed E-state index contributed by atoms with van der Waals surface area (Å²) in [4.78, 5) is 24.0. The fraction of sp³-hybridized carbons (Fsp3) is 0.615. The maximum atomic E-state index is 11.1. The Morgan fingerprint density at radius 2 is 1.78 bits per heavy atom. The van der Waals surface area contributed by atoms with Crippen LogP contribution in [0.4, 0.5) is 11.6 Å². The molecule has 0 aromatic carbocycles. The molecule has 0 fully saturated rings. The lowest BCUT2D eigenvalue weighted by Crippen LogP contribution is -2.27.